The van der Waals surface area contributed by atoms with E-state index >= 15 is 0 Å². The molecule has 0 radical (unpaired) electrons. The number of fused-ring (bicyclic) bond motifs is 7. The summed E-state index contributed by atoms with van der Waals surface area (Å²) in [4.78, 5) is 5.59. The van der Waals surface area contributed by atoms with E-state index in [1.807, 2.05) is 42.5 Å². The molecule has 0 unspecified atom stereocenters. The van der Waals surface area contributed by atoms with Crippen molar-refractivity contribution in [2.75, 3.05) is 0 Å². The second-order valence-corrected chi connectivity index (χ2v) is 11.5. The molecular formula is C43H36N2. The van der Waals surface area contributed by atoms with Crippen LogP contribution in [-0.2, 0) is 5.41 Å². The normalized spacial score (nSPS) is 17.1. The number of hydrogen-bond acceptors (Lipinski definition) is 2. The van der Waals surface area contributed by atoms with Gasteiger partial charge in [0.25, 0.3) is 0 Å². The Bertz CT molecular complexity index is 1990. The highest BCUT2D eigenvalue weighted by Gasteiger charge is 2.54. The SMILES string of the molecule is C\C=C/C=C1\C(=C(CC)\N=C(\C=C(/N)c2ccccc2)c2ccccc2)C2(c3ccccc31)c1ccccc1-c1ccccc12. The van der Waals surface area contributed by atoms with Gasteiger partial charge in [0.1, 0.15) is 0 Å². The minimum Gasteiger partial charge on any atom is -0.398 e. The summed E-state index contributed by atoms with van der Waals surface area (Å²) in [5.41, 5.74) is 21.0. The van der Waals surface area contributed by atoms with Gasteiger partial charge in [0, 0.05) is 22.5 Å². The second-order valence-electron chi connectivity index (χ2n) is 11.5. The summed E-state index contributed by atoms with van der Waals surface area (Å²) in [5, 5.41) is 0. The van der Waals surface area contributed by atoms with Crippen LogP contribution in [-0.4, -0.2) is 5.71 Å². The molecule has 1 spiro atoms. The Labute approximate surface area is 266 Å². The van der Waals surface area contributed by atoms with Crippen LogP contribution in [0.1, 0.15) is 53.6 Å². The molecule has 0 fully saturated rings. The number of nitrogens with zero attached hydrogens (tertiary/aromatic N) is 1. The van der Waals surface area contributed by atoms with Crippen molar-refractivity contribution < 1.29 is 0 Å². The highest BCUT2D eigenvalue weighted by atomic mass is 14.8. The van der Waals surface area contributed by atoms with Crippen molar-refractivity contribution in [3.05, 3.63) is 202 Å². The first-order chi connectivity index (χ1) is 22.2. The molecule has 5 aromatic rings. The highest BCUT2D eigenvalue weighted by Crippen LogP contribution is 2.64. The molecule has 0 saturated heterocycles. The largest absolute Gasteiger partial charge is 0.398 e. The van der Waals surface area contributed by atoms with E-state index in [9.17, 15) is 0 Å². The van der Waals surface area contributed by atoms with Gasteiger partial charge in [0.05, 0.1) is 11.1 Å². The van der Waals surface area contributed by atoms with Crippen LogP contribution in [0.3, 0.4) is 0 Å². The van der Waals surface area contributed by atoms with Crippen molar-refractivity contribution in [1.29, 1.82) is 0 Å². The maximum absolute atomic E-state index is 6.75. The summed E-state index contributed by atoms with van der Waals surface area (Å²) in [7, 11) is 0. The van der Waals surface area contributed by atoms with Crippen LogP contribution in [0.4, 0.5) is 0 Å². The van der Waals surface area contributed by atoms with Crippen molar-refractivity contribution in [3.8, 4) is 11.1 Å². The van der Waals surface area contributed by atoms with Gasteiger partial charge < -0.3 is 5.73 Å². The van der Waals surface area contributed by atoms with Gasteiger partial charge in [-0.25, -0.2) is 0 Å². The fourth-order valence-electron chi connectivity index (χ4n) is 7.16. The summed E-state index contributed by atoms with van der Waals surface area (Å²) in [6.07, 6.45) is 9.30. The Balaban J connectivity index is 1.60. The van der Waals surface area contributed by atoms with Crippen LogP contribution in [0.15, 0.2) is 174 Å². The first kappa shape index (κ1) is 28.3. The van der Waals surface area contributed by atoms with Gasteiger partial charge in [-0.1, -0.05) is 159 Å². The Morgan fingerprint density at radius 1 is 0.644 bits per heavy atom. The predicted molar refractivity (Wildman–Crippen MR) is 190 cm³/mol. The average Bonchev–Trinajstić information content (AvgIpc) is 3.56. The monoisotopic (exact) mass is 580 g/mol. The molecule has 45 heavy (non-hydrogen) atoms. The summed E-state index contributed by atoms with van der Waals surface area (Å²) in [6, 6.07) is 47.2. The first-order valence-corrected chi connectivity index (χ1v) is 15.7. The Kier molecular flexibility index (Phi) is 7.49. The molecule has 2 aliphatic carbocycles. The van der Waals surface area contributed by atoms with E-state index in [1.165, 1.54) is 44.5 Å². The highest BCUT2D eigenvalue weighted by molar-refractivity contribution is 6.13. The van der Waals surface area contributed by atoms with E-state index in [2.05, 4.69) is 129 Å². The minimum atomic E-state index is -0.497. The van der Waals surface area contributed by atoms with Crippen molar-refractivity contribution in [3.63, 3.8) is 0 Å². The van der Waals surface area contributed by atoms with E-state index in [0.717, 1.165) is 29.0 Å². The maximum atomic E-state index is 6.75. The van der Waals surface area contributed by atoms with Crippen LogP contribution in [0.2, 0.25) is 0 Å². The van der Waals surface area contributed by atoms with Gasteiger partial charge in [-0.2, -0.15) is 0 Å². The smallest absolute Gasteiger partial charge is 0.0743 e. The van der Waals surface area contributed by atoms with Crippen LogP contribution in [0.5, 0.6) is 0 Å². The third-order valence-corrected chi connectivity index (χ3v) is 9.02. The summed E-state index contributed by atoms with van der Waals surface area (Å²) in [6.45, 7) is 4.29. The summed E-state index contributed by atoms with van der Waals surface area (Å²) in [5.74, 6) is 0. The molecule has 0 aromatic heterocycles. The van der Waals surface area contributed by atoms with Gasteiger partial charge in [-0.3, -0.25) is 4.99 Å². The number of benzene rings is 5. The molecule has 2 heteroatoms. The molecule has 5 aromatic carbocycles. The summed E-state index contributed by atoms with van der Waals surface area (Å²) >= 11 is 0. The quantitative estimate of drug-likeness (QED) is 0.199. The van der Waals surface area contributed by atoms with Gasteiger partial charge in [0.15, 0.2) is 0 Å². The Morgan fingerprint density at radius 2 is 1.13 bits per heavy atom. The zero-order valence-corrected chi connectivity index (χ0v) is 25.7. The minimum absolute atomic E-state index is 0.497. The molecule has 2 N–H and O–H groups in total. The number of rotatable bonds is 6. The van der Waals surface area contributed by atoms with E-state index in [-0.39, 0.29) is 0 Å². The molecule has 0 saturated carbocycles. The lowest BCUT2D eigenvalue weighted by atomic mass is 9.69. The molecule has 2 aliphatic rings. The average molecular weight is 581 g/mol. The number of allylic oxidation sites excluding steroid dienone is 7. The van der Waals surface area contributed by atoms with E-state index in [4.69, 9.17) is 10.7 Å². The van der Waals surface area contributed by atoms with Gasteiger partial charge >= 0.3 is 0 Å². The fraction of sp³-hybridized carbons (Fsp3) is 0.0930. The van der Waals surface area contributed by atoms with Crippen LogP contribution < -0.4 is 5.73 Å². The number of hydrogen-bond donors (Lipinski definition) is 1. The first-order valence-electron chi connectivity index (χ1n) is 15.7. The molecular weight excluding hydrogens is 544 g/mol. The molecule has 0 aliphatic heterocycles. The summed E-state index contributed by atoms with van der Waals surface area (Å²) < 4.78 is 0. The molecule has 0 heterocycles. The van der Waals surface area contributed by atoms with E-state index in [0.29, 0.717) is 5.70 Å². The zero-order chi connectivity index (χ0) is 30.8. The molecule has 0 atom stereocenters. The zero-order valence-electron chi connectivity index (χ0n) is 25.7. The third-order valence-electron chi connectivity index (χ3n) is 9.02. The standard InChI is InChI=1S/C43H36N2/c1-3-5-22-35-34-25-14-17-28-38(34)43(36-26-15-12-23-32(36)33-24-13-16-27-37(33)43)42(35)40(4-2)45-41(31-20-10-7-11-21-31)29-39(44)30-18-8-6-9-19-30/h3,5-29H,4,44H2,1-2H3/b5-3-,35-22-,39-29-,42-40-,45-41-. The Hall–Kier alpha value is -5.47. The Morgan fingerprint density at radius 3 is 1.69 bits per heavy atom. The van der Waals surface area contributed by atoms with E-state index in [1.54, 1.807) is 0 Å². The second kappa shape index (κ2) is 11.9. The lowest BCUT2D eigenvalue weighted by Crippen LogP contribution is -2.27. The van der Waals surface area contributed by atoms with Crippen molar-refractivity contribution >= 4 is 17.0 Å². The lowest BCUT2D eigenvalue weighted by Gasteiger charge is -2.32. The molecule has 7 rings (SSSR count). The van der Waals surface area contributed by atoms with Crippen molar-refractivity contribution in [2.24, 2.45) is 10.7 Å². The van der Waals surface area contributed by atoms with Crippen LogP contribution in [0, 0.1) is 0 Å². The lowest BCUT2D eigenvalue weighted by molar-refractivity contribution is 0.773. The van der Waals surface area contributed by atoms with Gasteiger partial charge in [-0.05, 0) is 63.9 Å². The fourth-order valence-corrected chi connectivity index (χ4v) is 7.16. The van der Waals surface area contributed by atoms with Gasteiger partial charge in [-0.15, -0.1) is 0 Å². The third kappa shape index (κ3) is 4.62. The number of aliphatic imine (C=N–C) groups is 1. The molecule has 2 nitrogen and oxygen atoms in total. The van der Waals surface area contributed by atoms with Crippen LogP contribution >= 0.6 is 0 Å². The van der Waals surface area contributed by atoms with Crippen molar-refractivity contribution in [1.82, 2.24) is 0 Å². The molecule has 0 bridgehead atoms. The molecule has 218 valence electrons. The predicted octanol–water partition coefficient (Wildman–Crippen LogP) is 10.1. The van der Waals surface area contributed by atoms with Crippen LogP contribution in [0.25, 0.3) is 22.4 Å². The molecule has 0 amide bonds. The van der Waals surface area contributed by atoms with E-state index < -0.39 is 5.41 Å². The maximum Gasteiger partial charge on any atom is 0.0743 e. The topological polar surface area (TPSA) is 38.4 Å². The number of nitrogens with two attached hydrogens (primary N) is 1. The van der Waals surface area contributed by atoms with Crippen molar-refractivity contribution in [2.45, 2.75) is 25.7 Å². The van der Waals surface area contributed by atoms with Gasteiger partial charge in [0.2, 0.25) is 0 Å².